The van der Waals surface area contributed by atoms with Crippen molar-refractivity contribution in [2.45, 2.75) is 39.3 Å². The van der Waals surface area contributed by atoms with Crippen molar-refractivity contribution in [2.75, 3.05) is 13.2 Å². The molecule has 0 saturated carbocycles. The molecule has 0 bridgehead atoms. The second-order valence-electron chi connectivity index (χ2n) is 3.19. The summed E-state index contributed by atoms with van der Waals surface area (Å²) in [6, 6.07) is -0.00652. The molecule has 2 unspecified atom stereocenters. The molecular formula is C9H19NO3. The fourth-order valence-electron chi connectivity index (χ4n) is 1.08. The van der Waals surface area contributed by atoms with Crippen molar-refractivity contribution in [1.29, 1.82) is 0 Å². The molecule has 4 heteroatoms. The zero-order valence-electron chi connectivity index (χ0n) is 8.54. The molecule has 0 aliphatic heterocycles. The first kappa shape index (κ1) is 12.4. The minimum atomic E-state index is -0.387. The van der Waals surface area contributed by atoms with Gasteiger partial charge in [0.25, 0.3) is 0 Å². The van der Waals surface area contributed by atoms with Crippen LogP contribution < -0.4 is 5.32 Å². The average molecular weight is 189 g/mol. The lowest BCUT2D eigenvalue weighted by Gasteiger charge is -2.15. The third-order valence-electron chi connectivity index (χ3n) is 1.54. The van der Waals surface area contributed by atoms with E-state index in [1.54, 1.807) is 6.92 Å². The Hall–Kier alpha value is -0.610. The summed E-state index contributed by atoms with van der Waals surface area (Å²) in [6.07, 6.45) is 0.181. The Kier molecular flexibility index (Phi) is 6.54. The van der Waals surface area contributed by atoms with Crippen LogP contribution in [-0.2, 0) is 9.53 Å². The number of aliphatic hydroxyl groups excluding tert-OH is 1. The van der Waals surface area contributed by atoms with Crippen molar-refractivity contribution in [1.82, 2.24) is 5.32 Å². The zero-order valence-corrected chi connectivity index (χ0v) is 8.54. The van der Waals surface area contributed by atoms with E-state index in [1.807, 2.05) is 13.8 Å². The Morgan fingerprint density at radius 2 is 2.15 bits per heavy atom. The molecule has 4 nitrogen and oxygen atoms in total. The Bertz CT molecular complexity index is 148. The number of carbonyl (C=O) groups is 1. The predicted octanol–water partition coefficient (Wildman–Crippen LogP) is 0.299. The van der Waals surface area contributed by atoms with E-state index < -0.39 is 0 Å². The van der Waals surface area contributed by atoms with Gasteiger partial charge in [-0.05, 0) is 27.2 Å². The van der Waals surface area contributed by atoms with Gasteiger partial charge >= 0.3 is 0 Å². The lowest BCUT2D eigenvalue weighted by molar-refractivity contribution is -0.126. The van der Waals surface area contributed by atoms with E-state index in [2.05, 4.69) is 5.32 Å². The average Bonchev–Trinajstić information content (AvgIpc) is 1.98. The Labute approximate surface area is 79.3 Å². The van der Waals surface area contributed by atoms with E-state index in [9.17, 15) is 4.79 Å². The SMILES string of the molecule is CCOCC(=O)NC(C)CC(C)O. The van der Waals surface area contributed by atoms with Crippen LogP contribution in [0.3, 0.4) is 0 Å². The van der Waals surface area contributed by atoms with Crippen LogP contribution in [-0.4, -0.2) is 36.4 Å². The van der Waals surface area contributed by atoms with Crippen molar-refractivity contribution in [2.24, 2.45) is 0 Å². The quantitative estimate of drug-likeness (QED) is 0.631. The summed E-state index contributed by atoms with van der Waals surface area (Å²) in [7, 11) is 0. The molecule has 1 amide bonds. The Morgan fingerprint density at radius 1 is 1.54 bits per heavy atom. The number of hydrogen-bond acceptors (Lipinski definition) is 3. The number of amides is 1. The molecule has 0 aliphatic rings. The highest BCUT2D eigenvalue weighted by molar-refractivity contribution is 5.77. The molecule has 0 rings (SSSR count). The van der Waals surface area contributed by atoms with Crippen molar-refractivity contribution < 1.29 is 14.6 Å². The van der Waals surface area contributed by atoms with E-state index in [4.69, 9.17) is 9.84 Å². The summed E-state index contributed by atoms with van der Waals surface area (Å²) < 4.78 is 4.93. The van der Waals surface area contributed by atoms with Crippen LogP contribution in [0.25, 0.3) is 0 Å². The highest BCUT2D eigenvalue weighted by Crippen LogP contribution is 1.95. The van der Waals surface area contributed by atoms with Crippen molar-refractivity contribution in [3.8, 4) is 0 Å². The maximum absolute atomic E-state index is 11.1. The number of hydrogen-bond donors (Lipinski definition) is 2. The van der Waals surface area contributed by atoms with E-state index in [0.717, 1.165) is 0 Å². The zero-order chi connectivity index (χ0) is 10.3. The van der Waals surface area contributed by atoms with Crippen LogP contribution in [0.5, 0.6) is 0 Å². The minimum absolute atomic E-state index is 0.00652. The molecule has 13 heavy (non-hydrogen) atoms. The molecule has 0 aliphatic carbocycles. The second-order valence-corrected chi connectivity index (χ2v) is 3.19. The normalized spacial score (nSPS) is 15.1. The lowest BCUT2D eigenvalue weighted by Crippen LogP contribution is -2.36. The van der Waals surface area contributed by atoms with Gasteiger partial charge in [0.2, 0.25) is 5.91 Å². The standard InChI is InChI=1S/C9H19NO3/c1-4-13-6-9(12)10-7(2)5-8(3)11/h7-8,11H,4-6H2,1-3H3,(H,10,12). The van der Waals surface area contributed by atoms with Crippen LogP contribution >= 0.6 is 0 Å². The lowest BCUT2D eigenvalue weighted by atomic mass is 10.1. The molecule has 0 spiro atoms. The summed E-state index contributed by atoms with van der Waals surface area (Å²) in [4.78, 5) is 11.1. The summed E-state index contributed by atoms with van der Waals surface area (Å²) in [6.45, 7) is 6.03. The monoisotopic (exact) mass is 189 g/mol. The maximum atomic E-state index is 11.1. The summed E-state index contributed by atoms with van der Waals surface area (Å²) in [5, 5.41) is 11.8. The molecule has 0 heterocycles. The summed E-state index contributed by atoms with van der Waals surface area (Å²) in [5.74, 6) is -0.130. The van der Waals surface area contributed by atoms with Gasteiger partial charge < -0.3 is 15.2 Å². The number of carbonyl (C=O) groups excluding carboxylic acids is 1. The summed E-state index contributed by atoms with van der Waals surface area (Å²) >= 11 is 0. The first-order valence-electron chi connectivity index (χ1n) is 4.61. The number of aliphatic hydroxyl groups is 1. The van der Waals surface area contributed by atoms with E-state index in [1.165, 1.54) is 0 Å². The van der Waals surface area contributed by atoms with Crippen molar-refractivity contribution in [3.63, 3.8) is 0 Å². The van der Waals surface area contributed by atoms with Gasteiger partial charge in [-0.3, -0.25) is 4.79 Å². The largest absolute Gasteiger partial charge is 0.393 e. The van der Waals surface area contributed by atoms with E-state index >= 15 is 0 Å². The van der Waals surface area contributed by atoms with Crippen LogP contribution in [0.4, 0.5) is 0 Å². The smallest absolute Gasteiger partial charge is 0.246 e. The first-order chi connectivity index (χ1) is 6.06. The molecule has 0 aromatic rings. The Morgan fingerprint density at radius 3 is 2.62 bits per heavy atom. The molecule has 0 radical (unpaired) electrons. The van der Waals surface area contributed by atoms with Gasteiger partial charge in [-0.15, -0.1) is 0 Å². The topological polar surface area (TPSA) is 58.6 Å². The molecule has 0 saturated heterocycles. The van der Waals surface area contributed by atoms with Crippen LogP contribution in [0.1, 0.15) is 27.2 Å². The van der Waals surface area contributed by atoms with Gasteiger partial charge in [0.15, 0.2) is 0 Å². The second kappa shape index (κ2) is 6.86. The van der Waals surface area contributed by atoms with Crippen LogP contribution in [0, 0.1) is 0 Å². The molecule has 2 atom stereocenters. The highest BCUT2D eigenvalue weighted by atomic mass is 16.5. The van der Waals surface area contributed by atoms with Crippen LogP contribution in [0.15, 0.2) is 0 Å². The van der Waals surface area contributed by atoms with Crippen molar-refractivity contribution in [3.05, 3.63) is 0 Å². The Balaban J connectivity index is 3.53. The number of rotatable bonds is 6. The molecule has 78 valence electrons. The first-order valence-corrected chi connectivity index (χ1v) is 4.61. The minimum Gasteiger partial charge on any atom is -0.393 e. The number of ether oxygens (including phenoxy) is 1. The molecule has 2 N–H and O–H groups in total. The maximum Gasteiger partial charge on any atom is 0.246 e. The van der Waals surface area contributed by atoms with Gasteiger partial charge in [-0.2, -0.15) is 0 Å². The van der Waals surface area contributed by atoms with Gasteiger partial charge in [-0.1, -0.05) is 0 Å². The highest BCUT2D eigenvalue weighted by Gasteiger charge is 2.09. The third-order valence-corrected chi connectivity index (χ3v) is 1.54. The van der Waals surface area contributed by atoms with E-state index in [-0.39, 0.29) is 24.7 Å². The molecule has 0 aromatic heterocycles. The van der Waals surface area contributed by atoms with Crippen molar-refractivity contribution >= 4 is 5.91 Å². The summed E-state index contributed by atoms with van der Waals surface area (Å²) in [5.41, 5.74) is 0. The third kappa shape index (κ3) is 7.74. The molecular weight excluding hydrogens is 170 g/mol. The van der Waals surface area contributed by atoms with E-state index in [0.29, 0.717) is 13.0 Å². The van der Waals surface area contributed by atoms with Gasteiger partial charge in [0.05, 0.1) is 6.10 Å². The number of nitrogens with one attached hydrogen (secondary N) is 1. The van der Waals surface area contributed by atoms with Gasteiger partial charge in [0.1, 0.15) is 6.61 Å². The molecule has 0 fully saturated rings. The predicted molar refractivity (Wildman–Crippen MR) is 50.4 cm³/mol. The van der Waals surface area contributed by atoms with Gasteiger partial charge in [0, 0.05) is 12.6 Å². The fourth-order valence-corrected chi connectivity index (χ4v) is 1.08. The van der Waals surface area contributed by atoms with Crippen LogP contribution in [0.2, 0.25) is 0 Å². The van der Waals surface area contributed by atoms with Gasteiger partial charge in [-0.25, -0.2) is 0 Å². The fraction of sp³-hybridized carbons (Fsp3) is 0.889. The molecule has 0 aromatic carbocycles.